The molecule has 0 atom stereocenters. The van der Waals surface area contributed by atoms with Crippen LogP contribution in [-0.4, -0.2) is 9.97 Å². The second-order valence-corrected chi connectivity index (χ2v) is 4.35. The Morgan fingerprint density at radius 2 is 2.24 bits per heavy atom. The molecule has 0 saturated heterocycles. The van der Waals surface area contributed by atoms with Gasteiger partial charge >= 0.3 is 0 Å². The van der Waals surface area contributed by atoms with E-state index in [1.807, 2.05) is 12.1 Å². The molecular weight excluding hydrogens is 232 g/mol. The maximum atomic E-state index is 9.08. The van der Waals surface area contributed by atoms with Gasteiger partial charge in [-0.2, -0.15) is 5.26 Å². The third-order valence-electron chi connectivity index (χ3n) is 2.15. The van der Waals surface area contributed by atoms with Crippen molar-refractivity contribution in [3.05, 3.63) is 47.9 Å². The summed E-state index contributed by atoms with van der Waals surface area (Å²) in [5.41, 5.74) is 7.10. The first-order chi connectivity index (χ1) is 8.33. The van der Waals surface area contributed by atoms with Gasteiger partial charge in [0, 0.05) is 23.8 Å². The van der Waals surface area contributed by atoms with E-state index < -0.39 is 0 Å². The molecule has 5 heteroatoms. The van der Waals surface area contributed by atoms with E-state index in [0.717, 1.165) is 15.5 Å². The summed E-state index contributed by atoms with van der Waals surface area (Å²) in [6.07, 6.45) is 4.91. The van der Waals surface area contributed by atoms with E-state index in [1.54, 1.807) is 24.7 Å². The SMILES string of the molecule is N#Cc1cc(CN)ccc1Sc1cnccn1. The van der Waals surface area contributed by atoms with Gasteiger partial charge < -0.3 is 5.73 Å². The number of nitriles is 1. The van der Waals surface area contributed by atoms with Gasteiger partial charge in [-0.1, -0.05) is 17.8 Å². The van der Waals surface area contributed by atoms with Crippen molar-refractivity contribution in [1.29, 1.82) is 5.26 Å². The highest BCUT2D eigenvalue weighted by Gasteiger charge is 2.05. The summed E-state index contributed by atoms with van der Waals surface area (Å²) in [5.74, 6) is 0. The van der Waals surface area contributed by atoms with Crippen LogP contribution >= 0.6 is 11.8 Å². The van der Waals surface area contributed by atoms with Crippen LogP contribution in [0.3, 0.4) is 0 Å². The Labute approximate surface area is 104 Å². The predicted octanol–water partition coefficient (Wildman–Crippen LogP) is 1.96. The van der Waals surface area contributed by atoms with E-state index >= 15 is 0 Å². The normalized spacial score (nSPS) is 9.88. The van der Waals surface area contributed by atoms with Crippen LogP contribution in [0.4, 0.5) is 0 Å². The fourth-order valence-electron chi connectivity index (χ4n) is 1.33. The molecular formula is C12H10N4S. The van der Waals surface area contributed by atoms with Crippen molar-refractivity contribution in [2.45, 2.75) is 16.5 Å². The molecule has 2 rings (SSSR count). The number of nitrogens with two attached hydrogens (primary N) is 1. The van der Waals surface area contributed by atoms with E-state index in [4.69, 9.17) is 11.0 Å². The first kappa shape index (κ1) is 11.6. The van der Waals surface area contributed by atoms with Crippen LogP contribution < -0.4 is 5.73 Å². The van der Waals surface area contributed by atoms with Gasteiger partial charge in [0.1, 0.15) is 11.1 Å². The highest BCUT2D eigenvalue weighted by Crippen LogP contribution is 2.28. The van der Waals surface area contributed by atoms with Crippen molar-refractivity contribution in [3.8, 4) is 6.07 Å². The molecule has 0 radical (unpaired) electrons. The molecule has 1 aromatic carbocycles. The van der Waals surface area contributed by atoms with E-state index in [9.17, 15) is 0 Å². The van der Waals surface area contributed by atoms with Gasteiger partial charge in [0.2, 0.25) is 0 Å². The molecule has 0 aliphatic heterocycles. The van der Waals surface area contributed by atoms with Crippen LogP contribution in [0.1, 0.15) is 11.1 Å². The lowest BCUT2D eigenvalue weighted by atomic mass is 10.1. The van der Waals surface area contributed by atoms with E-state index in [-0.39, 0.29) is 0 Å². The molecule has 17 heavy (non-hydrogen) atoms. The Balaban J connectivity index is 2.31. The summed E-state index contributed by atoms with van der Waals surface area (Å²) >= 11 is 1.42. The average Bonchev–Trinajstić information content (AvgIpc) is 2.40. The van der Waals surface area contributed by atoms with Gasteiger partial charge in [-0.05, 0) is 17.7 Å². The number of hydrogen-bond acceptors (Lipinski definition) is 5. The summed E-state index contributed by atoms with van der Waals surface area (Å²) < 4.78 is 0. The summed E-state index contributed by atoms with van der Waals surface area (Å²) in [4.78, 5) is 9.01. The summed E-state index contributed by atoms with van der Waals surface area (Å²) in [7, 11) is 0. The lowest BCUT2D eigenvalue weighted by molar-refractivity contribution is 1.05. The van der Waals surface area contributed by atoms with Crippen LogP contribution in [0, 0.1) is 11.3 Å². The highest BCUT2D eigenvalue weighted by atomic mass is 32.2. The van der Waals surface area contributed by atoms with E-state index in [1.165, 1.54) is 11.8 Å². The average molecular weight is 242 g/mol. The number of hydrogen-bond donors (Lipinski definition) is 1. The quantitative estimate of drug-likeness (QED) is 0.890. The smallest absolute Gasteiger partial charge is 0.119 e. The molecule has 0 unspecified atom stereocenters. The minimum atomic E-state index is 0.435. The van der Waals surface area contributed by atoms with Crippen LogP contribution in [-0.2, 0) is 6.54 Å². The summed E-state index contributed by atoms with van der Waals surface area (Å²) in [5, 5.41) is 9.84. The Kier molecular flexibility index (Phi) is 3.70. The minimum absolute atomic E-state index is 0.435. The van der Waals surface area contributed by atoms with Gasteiger partial charge in [0.25, 0.3) is 0 Å². The van der Waals surface area contributed by atoms with Gasteiger partial charge in [-0.15, -0.1) is 0 Å². The minimum Gasteiger partial charge on any atom is -0.326 e. The molecule has 1 aromatic heterocycles. The number of nitrogens with zero attached hydrogens (tertiary/aromatic N) is 3. The molecule has 84 valence electrons. The van der Waals surface area contributed by atoms with Crippen molar-refractivity contribution in [2.75, 3.05) is 0 Å². The van der Waals surface area contributed by atoms with Gasteiger partial charge in [0.15, 0.2) is 0 Å². The van der Waals surface area contributed by atoms with Crippen molar-refractivity contribution in [3.63, 3.8) is 0 Å². The maximum absolute atomic E-state index is 9.08. The monoisotopic (exact) mass is 242 g/mol. The Morgan fingerprint density at radius 1 is 1.35 bits per heavy atom. The summed E-state index contributed by atoms with van der Waals surface area (Å²) in [6, 6.07) is 7.78. The zero-order chi connectivity index (χ0) is 12.1. The second kappa shape index (κ2) is 5.43. The standard InChI is InChI=1S/C12H10N4S/c13-6-9-1-2-11(10(5-9)7-14)17-12-8-15-3-4-16-12/h1-5,8H,6,13H2. The van der Waals surface area contributed by atoms with Crippen molar-refractivity contribution in [1.82, 2.24) is 9.97 Å². The van der Waals surface area contributed by atoms with E-state index in [2.05, 4.69) is 16.0 Å². The first-order valence-corrected chi connectivity index (χ1v) is 5.82. The first-order valence-electron chi connectivity index (χ1n) is 5.00. The Hall–Kier alpha value is -1.90. The Morgan fingerprint density at radius 3 is 2.88 bits per heavy atom. The van der Waals surface area contributed by atoms with Crippen molar-refractivity contribution < 1.29 is 0 Å². The van der Waals surface area contributed by atoms with Gasteiger partial charge in [0.05, 0.1) is 11.8 Å². The number of aromatic nitrogens is 2. The van der Waals surface area contributed by atoms with Crippen LogP contribution in [0.25, 0.3) is 0 Å². The summed E-state index contributed by atoms with van der Waals surface area (Å²) in [6.45, 7) is 0.435. The topological polar surface area (TPSA) is 75.6 Å². The largest absolute Gasteiger partial charge is 0.326 e. The Bertz CT molecular complexity index is 548. The van der Waals surface area contributed by atoms with E-state index in [0.29, 0.717) is 12.1 Å². The lowest BCUT2D eigenvalue weighted by Gasteiger charge is -2.04. The molecule has 0 aliphatic carbocycles. The third-order valence-corrected chi connectivity index (χ3v) is 3.15. The zero-order valence-corrected chi connectivity index (χ0v) is 9.81. The highest BCUT2D eigenvalue weighted by molar-refractivity contribution is 7.99. The van der Waals surface area contributed by atoms with Crippen LogP contribution in [0.2, 0.25) is 0 Å². The van der Waals surface area contributed by atoms with Crippen LogP contribution in [0.15, 0.2) is 46.7 Å². The lowest BCUT2D eigenvalue weighted by Crippen LogP contribution is -1.97. The maximum Gasteiger partial charge on any atom is 0.119 e. The predicted molar refractivity (Wildman–Crippen MR) is 65.2 cm³/mol. The van der Waals surface area contributed by atoms with Gasteiger partial charge in [-0.25, -0.2) is 4.98 Å². The number of benzene rings is 1. The molecule has 2 N–H and O–H groups in total. The molecule has 1 heterocycles. The molecule has 0 spiro atoms. The molecule has 0 saturated carbocycles. The molecule has 4 nitrogen and oxygen atoms in total. The van der Waals surface area contributed by atoms with Gasteiger partial charge in [-0.3, -0.25) is 4.98 Å². The molecule has 0 amide bonds. The molecule has 0 bridgehead atoms. The second-order valence-electron chi connectivity index (χ2n) is 3.29. The third kappa shape index (κ3) is 2.81. The fourth-order valence-corrected chi connectivity index (χ4v) is 2.13. The number of rotatable bonds is 3. The fraction of sp³-hybridized carbons (Fsp3) is 0.0833. The molecule has 2 aromatic rings. The molecule has 0 aliphatic rings. The molecule has 0 fully saturated rings. The van der Waals surface area contributed by atoms with Crippen molar-refractivity contribution >= 4 is 11.8 Å². The zero-order valence-electron chi connectivity index (χ0n) is 9.00. The van der Waals surface area contributed by atoms with Crippen LogP contribution in [0.5, 0.6) is 0 Å². The van der Waals surface area contributed by atoms with Crippen molar-refractivity contribution in [2.24, 2.45) is 5.73 Å².